The van der Waals surface area contributed by atoms with Crippen molar-refractivity contribution < 1.29 is 4.74 Å². The van der Waals surface area contributed by atoms with Crippen LogP contribution in [0.4, 0.5) is 22.7 Å². The van der Waals surface area contributed by atoms with E-state index in [4.69, 9.17) is 9.72 Å². The van der Waals surface area contributed by atoms with Crippen LogP contribution in [-0.4, -0.2) is 16.2 Å². The van der Waals surface area contributed by atoms with E-state index in [1.54, 1.807) is 0 Å². The monoisotopic (exact) mass is 874 g/mol. The lowest BCUT2D eigenvalue weighted by molar-refractivity contribution is 0.471. The molecule has 2 aromatic heterocycles. The Morgan fingerprint density at radius 3 is 1.72 bits per heavy atom. The number of ether oxygens (including phenoxy) is 1. The van der Waals surface area contributed by atoms with Crippen LogP contribution in [0.1, 0.15) is 124 Å². The number of pyridine rings is 1. The van der Waals surface area contributed by atoms with Gasteiger partial charge in [0.25, 0.3) is 0 Å². The number of rotatable bonds is 5. The standard InChI is InChI=1S/C62H58N4O/c1-60(2,3)38-31-32-63-55(33-38)66-50-26-15-14-19-41(50)42-30-29-40(36-53(42)66)67-54-35-39(34-47-56-43-20-10-12-22-45(43)57(58(47)54)46-23-13-11-21-44(46)56)64-37-65(52-28-17-16-27-51(52)64)59-48(61(4,5)6)24-18-25-49(59)62(7,8)9/h10-36,56-57H,37H2,1-9H3. The van der Waals surface area contributed by atoms with Gasteiger partial charge in [-0.15, -0.1) is 0 Å². The molecule has 2 bridgehead atoms. The summed E-state index contributed by atoms with van der Waals surface area (Å²) >= 11 is 0. The van der Waals surface area contributed by atoms with E-state index in [0.717, 1.165) is 34.0 Å². The lowest BCUT2D eigenvalue weighted by Crippen LogP contribution is -2.31. The first-order valence-corrected chi connectivity index (χ1v) is 24.0. The maximum absolute atomic E-state index is 7.49. The molecule has 0 unspecified atom stereocenters. The highest BCUT2D eigenvalue weighted by atomic mass is 16.5. The number of hydrogen-bond donors (Lipinski definition) is 0. The van der Waals surface area contributed by atoms with Crippen LogP contribution < -0.4 is 14.5 Å². The molecule has 0 saturated heterocycles. The highest BCUT2D eigenvalue weighted by molar-refractivity contribution is 6.09. The largest absolute Gasteiger partial charge is 0.457 e. The molecule has 3 aliphatic carbocycles. The highest BCUT2D eigenvalue weighted by Gasteiger charge is 2.44. The van der Waals surface area contributed by atoms with E-state index < -0.39 is 0 Å². The van der Waals surface area contributed by atoms with E-state index in [1.807, 2.05) is 6.20 Å². The topological polar surface area (TPSA) is 33.5 Å². The molecule has 9 aromatic rings. The van der Waals surface area contributed by atoms with E-state index >= 15 is 0 Å². The zero-order chi connectivity index (χ0) is 46.1. The Balaban J connectivity index is 1.06. The first-order valence-electron chi connectivity index (χ1n) is 24.0. The minimum Gasteiger partial charge on any atom is -0.457 e. The van der Waals surface area contributed by atoms with Crippen LogP contribution in [0.2, 0.25) is 0 Å². The Bertz CT molecular complexity index is 3380. The molecular weight excluding hydrogens is 817 g/mol. The number of anilines is 4. The summed E-state index contributed by atoms with van der Waals surface area (Å²) < 4.78 is 9.80. The molecule has 0 fully saturated rings. The lowest BCUT2D eigenvalue weighted by atomic mass is 9.61. The van der Waals surface area contributed by atoms with Crippen LogP contribution in [-0.2, 0) is 16.2 Å². The highest BCUT2D eigenvalue weighted by Crippen LogP contribution is 2.60. The van der Waals surface area contributed by atoms with E-state index in [9.17, 15) is 0 Å². The maximum atomic E-state index is 7.49. The van der Waals surface area contributed by atoms with Gasteiger partial charge < -0.3 is 14.5 Å². The smallest absolute Gasteiger partial charge is 0.137 e. The van der Waals surface area contributed by atoms with Gasteiger partial charge in [0, 0.05) is 52.2 Å². The molecular formula is C62H58N4O. The Hall–Kier alpha value is -7.11. The molecule has 0 N–H and O–H groups in total. The van der Waals surface area contributed by atoms with Crippen molar-refractivity contribution in [1.29, 1.82) is 0 Å². The van der Waals surface area contributed by atoms with Gasteiger partial charge in [0.2, 0.25) is 0 Å². The molecule has 13 rings (SSSR count). The summed E-state index contributed by atoms with van der Waals surface area (Å²) in [6, 6.07) is 58.5. The van der Waals surface area contributed by atoms with Crippen LogP contribution in [0.3, 0.4) is 0 Å². The fourth-order valence-electron chi connectivity index (χ4n) is 11.5. The average molecular weight is 875 g/mol. The zero-order valence-corrected chi connectivity index (χ0v) is 40.1. The van der Waals surface area contributed by atoms with Crippen molar-refractivity contribution in [1.82, 2.24) is 9.55 Å². The third-order valence-electron chi connectivity index (χ3n) is 14.7. The van der Waals surface area contributed by atoms with Gasteiger partial charge in [-0.05, 0) is 109 Å². The summed E-state index contributed by atoms with van der Waals surface area (Å²) in [5.74, 6) is 2.70. The number of para-hydroxylation sites is 4. The minimum absolute atomic E-state index is 0.0246. The summed E-state index contributed by atoms with van der Waals surface area (Å²) in [4.78, 5) is 10.1. The number of nitrogens with zero attached hydrogens (tertiary/aromatic N) is 4. The third kappa shape index (κ3) is 6.45. The summed E-state index contributed by atoms with van der Waals surface area (Å²) in [5.41, 5.74) is 18.9. The minimum atomic E-state index is -0.0654. The average Bonchev–Trinajstić information content (AvgIpc) is 3.86. The van der Waals surface area contributed by atoms with Crippen LogP contribution in [0.5, 0.6) is 11.5 Å². The summed E-state index contributed by atoms with van der Waals surface area (Å²) in [5, 5.41) is 2.36. The Kier molecular flexibility index (Phi) is 9.06. The van der Waals surface area contributed by atoms with Gasteiger partial charge in [0.15, 0.2) is 0 Å². The molecule has 0 atom stereocenters. The molecule has 4 aliphatic rings. The van der Waals surface area contributed by atoms with Gasteiger partial charge in [0.05, 0.1) is 28.1 Å². The molecule has 7 aromatic carbocycles. The van der Waals surface area contributed by atoms with Crippen molar-refractivity contribution in [2.45, 2.75) is 90.4 Å². The van der Waals surface area contributed by atoms with Gasteiger partial charge >= 0.3 is 0 Å². The normalized spacial score (nSPS) is 16.3. The van der Waals surface area contributed by atoms with Crippen molar-refractivity contribution >= 4 is 44.6 Å². The van der Waals surface area contributed by atoms with Crippen molar-refractivity contribution in [2.75, 3.05) is 16.5 Å². The van der Waals surface area contributed by atoms with Gasteiger partial charge in [-0.2, -0.15) is 0 Å². The lowest BCUT2D eigenvalue weighted by Gasteiger charge is -2.43. The SMILES string of the molecule is CC(C)(C)c1ccnc(-n2c3ccccc3c3ccc(Oc4cc(N5CN(c6c(C(C)(C)C)cccc6C(C)(C)C)c6ccccc65)cc5c4C4c6ccccc6C5c5ccccc54)cc32)c1. The molecule has 0 amide bonds. The van der Waals surface area contributed by atoms with Crippen molar-refractivity contribution in [3.05, 3.63) is 214 Å². The van der Waals surface area contributed by atoms with Crippen molar-refractivity contribution in [3.8, 4) is 17.3 Å². The molecule has 67 heavy (non-hydrogen) atoms. The maximum Gasteiger partial charge on any atom is 0.137 e. The Morgan fingerprint density at radius 1 is 0.493 bits per heavy atom. The molecule has 0 radical (unpaired) electrons. The number of aromatic nitrogens is 2. The predicted molar refractivity (Wildman–Crippen MR) is 278 cm³/mol. The summed E-state index contributed by atoms with van der Waals surface area (Å²) in [6.45, 7) is 21.5. The molecule has 0 spiro atoms. The predicted octanol–water partition coefficient (Wildman–Crippen LogP) is 16.1. The Morgan fingerprint density at radius 2 is 1.07 bits per heavy atom. The number of hydrogen-bond acceptors (Lipinski definition) is 4. The fourth-order valence-corrected chi connectivity index (χ4v) is 11.5. The van der Waals surface area contributed by atoms with Gasteiger partial charge in [-0.25, -0.2) is 4.98 Å². The van der Waals surface area contributed by atoms with E-state index in [0.29, 0.717) is 6.67 Å². The van der Waals surface area contributed by atoms with E-state index in [-0.39, 0.29) is 28.1 Å². The fraction of sp³-hybridized carbons (Fsp3) is 0.242. The number of benzene rings is 7. The zero-order valence-electron chi connectivity index (χ0n) is 40.1. The summed E-state index contributed by atoms with van der Waals surface area (Å²) in [7, 11) is 0. The molecule has 5 heteroatoms. The quantitative estimate of drug-likeness (QED) is 0.172. The molecule has 3 heterocycles. The first-order chi connectivity index (χ1) is 32.1. The second-order valence-corrected chi connectivity index (χ2v) is 22.0. The van der Waals surface area contributed by atoms with Gasteiger partial charge in [-0.1, -0.05) is 159 Å². The van der Waals surface area contributed by atoms with Crippen LogP contribution in [0.25, 0.3) is 27.6 Å². The second-order valence-electron chi connectivity index (χ2n) is 22.0. The van der Waals surface area contributed by atoms with Crippen LogP contribution in [0.15, 0.2) is 164 Å². The van der Waals surface area contributed by atoms with E-state index in [2.05, 4.69) is 234 Å². The van der Waals surface area contributed by atoms with Crippen molar-refractivity contribution in [2.24, 2.45) is 0 Å². The second kappa shape index (κ2) is 14.7. The third-order valence-corrected chi connectivity index (χ3v) is 14.7. The molecule has 1 aliphatic heterocycles. The molecule has 5 nitrogen and oxygen atoms in total. The van der Waals surface area contributed by atoms with Crippen LogP contribution in [0, 0.1) is 0 Å². The molecule has 0 saturated carbocycles. The number of fused-ring (bicyclic) bond motifs is 4. The van der Waals surface area contributed by atoms with Gasteiger partial charge in [0.1, 0.15) is 24.0 Å². The van der Waals surface area contributed by atoms with Gasteiger partial charge in [-0.3, -0.25) is 4.57 Å². The van der Waals surface area contributed by atoms with E-state index in [1.165, 1.54) is 77.9 Å². The Labute approximate surface area is 395 Å². The molecule has 332 valence electrons. The first kappa shape index (κ1) is 41.3. The van der Waals surface area contributed by atoms with Crippen LogP contribution >= 0.6 is 0 Å². The summed E-state index contributed by atoms with van der Waals surface area (Å²) in [6.07, 6.45) is 1.95. The van der Waals surface area contributed by atoms with Crippen molar-refractivity contribution in [3.63, 3.8) is 0 Å².